The fraction of sp³-hybridized carbons (Fsp3) is 1.00. The van der Waals surface area contributed by atoms with Crippen LogP contribution in [0.1, 0.15) is 46.5 Å². The highest BCUT2D eigenvalue weighted by molar-refractivity contribution is 4.67. The lowest BCUT2D eigenvalue weighted by Gasteiger charge is -2.22. The molecule has 12 heavy (non-hydrogen) atoms. The van der Waals surface area contributed by atoms with Crippen molar-refractivity contribution >= 4 is 0 Å². The minimum absolute atomic E-state index is 0.842. The van der Waals surface area contributed by atoms with E-state index in [0.29, 0.717) is 0 Å². The molecule has 0 aromatic carbocycles. The Hall–Kier alpha value is -0.0400. The molecule has 0 rings (SSSR count). The Morgan fingerprint density at radius 2 is 1.58 bits per heavy atom. The maximum absolute atomic E-state index is 3.26. The van der Waals surface area contributed by atoms with Gasteiger partial charge in [0.1, 0.15) is 0 Å². The number of nitrogens with one attached hydrogen (secondary N) is 1. The second kappa shape index (κ2) is 7.60. The largest absolute Gasteiger partial charge is 0.319 e. The molecule has 0 amide bonds. The van der Waals surface area contributed by atoms with Crippen LogP contribution in [0.5, 0.6) is 0 Å². The Morgan fingerprint density at radius 3 is 1.92 bits per heavy atom. The van der Waals surface area contributed by atoms with E-state index in [1.54, 1.807) is 0 Å². The van der Waals surface area contributed by atoms with Gasteiger partial charge in [0, 0.05) is 0 Å². The maximum atomic E-state index is 3.26. The summed E-state index contributed by atoms with van der Waals surface area (Å²) in [6.45, 7) is 8.11. The summed E-state index contributed by atoms with van der Waals surface area (Å²) in [5, 5.41) is 3.26. The van der Waals surface area contributed by atoms with Crippen LogP contribution in [0, 0.1) is 11.8 Å². The zero-order valence-electron chi connectivity index (χ0n) is 9.19. The number of hydrogen-bond acceptors (Lipinski definition) is 1. The van der Waals surface area contributed by atoms with Crippen molar-refractivity contribution in [2.24, 2.45) is 11.8 Å². The lowest BCUT2D eigenvalue weighted by molar-refractivity contribution is 0.304. The highest BCUT2D eigenvalue weighted by Gasteiger charge is 2.14. The number of rotatable bonds is 7. The van der Waals surface area contributed by atoms with Gasteiger partial charge in [0.15, 0.2) is 0 Å². The molecule has 0 aliphatic rings. The Balaban J connectivity index is 3.72. The van der Waals surface area contributed by atoms with Crippen molar-refractivity contribution < 1.29 is 0 Å². The zero-order chi connectivity index (χ0) is 9.40. The molecule has 0 aromatic heterocycles. The topological polar surface area (TPSA) is 12.0 Å². The fourth-order valence-corrected chi connectivity index (χ4v) is 1.94. The van der Waals surface area contributed by atoms with Crippen LogP contribution in [0.2, 0.25) is 0 Å². The van der Waals surface area contributed by atoms with Crippen LogP contribution in [0.15, 0.2) is 0 Å². The molecule has 0 bridgehead atoms. The van der Waals surface area contributed by atoms with E-state index in [1.165, 1.54) is 32.2 Å². The third-order valence-corrected chi connectivity index (χ3v) is 2.65. The van der Waals surface area contributed by atoms with Crippen LogP contribution in [-0.4, -0.2) is 13.6 Å². The normalized spacial score (nSPS) is 13.8. The van der Waals surface area contributed by atoms with Gasteiger partial charge in [-0.2, -0.15) is 0 Å². The van der Waals surface area contributed by atoms with E-state index in [9.17, 15) is 0 Å². The summed E-state index contributed by atoms with van der Waals surface area (Å²) in [4.78, 5) is 0. The molecule has 74 valence electrons. The number of hydrogen-bond donors (Lipinski definition) is 1. The average molecular weight is 171 g/mol. The van der Waals surface area contributed by atoms with E-state index in [-0.39, 0.29) is 0 Å². The lowest BCUT2D eigenvalue weighted by atomic mass is 9.86. The van der Waals surface area contributed by atoms with Gasteiger partial charge >= 0.3 is 0 Å². The molecule has 0 aromatic rings. The standard InChI is InChI=1S/C11H25N/c1-5-7-11(8-6-2)10(3)9-12-4/h10-12H,5-9H2,1-4H3. The molecule has 0 saturated heterocycles. The van der Waals surface area contributed by atoms with Gasteiger partial charge in [0.2, 0.25) is 0 Å². The van der Waals surface area contributed by atoms with Crippen molar-refractivity contribution in [3.63, 3.8) is 0 Å². The second-order valence-electron chi connectivity index (χ2n) is 3.87. The van der Waals surface area contributed by atoms with E-state index < -0.39 is 0 Å². The molecule has 0 radical (unpaired) electrons. The van der Waals surface area contributed by atoms with E-state index in [0.717, 1.165) is 11.8 Å². The van der Waals surface area contributed by atoms with Gasteiger partial charge in [-0.1, -0.05) is 46.5 Å². The van der Waals surface area contributed by atoms with Crippen LogP contribution in [-0.2, 0) is 0 Å². The Morgan fingerprint density at radius 1 is 1.08 bits per heavy atom. The molecule has 0 heterocycles. The van der Waals surface area contributed by atoms with Crippen LogP contribution >= 0.6 is 0 Å². The SMILES string of the molecule is CCCC(CCC)C(C)CNC. The molecule has 1 nitrogen and oxygen atoms in total. The summed E-state index contributed by atoms with van der Waals surface area (Å²) < 4.78 is 0. The smallest absolute Gasteiger partial charge is 0.00235 e. The van der Waals surface area contributed by atoms with E-state index in [1.807, 2.05) is 7.05 Å². The Kier molecular flexibility index (Phi) is 7.58. The van der Waals surface area contributed by atoms with E-state index in [4.69, 9.17) is 0 Å². The Bertz CT molecular complexity index is 85.0. The predicted molar refractivity (Wildman–Crippen MR) is 56.4 cm³/mol. The Labute approximate surface area is 77.9 Å². The summed E-state index contributed by atoms with van der Waals surface area (Å²) in [7, 11) is 2.05. The van der Waals surface area contributed by atoms with Crippen molar-refractivity contribution in [1.82, 2.24) is 5.32 Å². The highest BCUT2D eigenvalue weighted by atomic mass is 14.8. The van der Waals surface area contributed by atoms with Gasteiger partial charge in [-0.3, -0.25) is 0 Å². The van der Waals surface area contributed by atoms with Crippen LogP contribution in [0.3, 0.4) is 0 Å². The molecular weight excluding hydrogens is 146 g/mol. The first-order valence-corrected chi connectivity index (χ1v) is 5.40. The lowest BCUT2D eigenvalue weighted by Crippen LogP contribution is -2.23. The predicted octanol–water partition coefficient (Wildman–Crippen LogP) is 3.06. The molecule has 1 atom stereocenters. The zero-order valence-corrected chi connectivity index (χ0v) is 9.19. The van der Waals surface area contributed by atoms with Gasteiger partial charge in [-0.15, -0.1) is 0 Å². The average Bonchev–Trinajstić information content (AvgIpc) is 2.04. The molecule has 1 heteroatoms. The molecular formula is C11H25N. The summed E-state index contributed by atoms with van der Waals surface area (Å²) >= 11 is 0. The third kappa shape index (κ3) is 4.76. The monoisotopic (exact) mass is 171 g/mol. The summed E-state index contributed by atoms with van der Waals surface area (Å²) in [6.07, 6.45) is 5.46. The summed E-state index contributed by atoms with van der Waals surface area (Å²) in [5.41, 5.74) is 0. The first-order chi connectivity index (χ1) is 5.76. The van der Waals surface area contributed by atoms with E-state index >= 15 is 0 Å². The highest BCUT2D eigenvalue weighted by Crippen LogP contribution is 2.22. The molecule has 0 saturated carbocycles. The first kappa shape index (κ1) is 12.0. The maximum Gasteiger partial charge on any atom is -0.00235 e. The molecule has 0 fully saturated rings. The van der Waals surface area contributed by atoms with Crippen LogP contribution in [0.4, 0.5) is 0 Å². The molecule has 0 aliphatic carbocycles. The van der Waals surface area contributed by atoms with Crippen LogP contribution in [0.25, 0.3) is 0 Å². The summed E-state index contributed by atoms with van der Waals surface area (Å²) in [5.74, 6) is 1.78. The van der Waals surface area contributed by atoms with Gasteiger partial charge in [-0.25, -0.2) is 0 Å². The second-order valence-corrected chi connectivity index (χ2v) is 3.87. The van der Waals surface area contributed by atoms with Gasteiger partial charge in [0.25, 0.3) is 0 Å². The third-order valence-electron chi connectivity index (χ3n) is 2.65. The van der Waals surface area contributed by atoms with Crippen molar-refractivity contribution in [1.29, 1.82) is 0 Å². The molecule has 0 aliphatic heterocycles. The minimum atomic E-state index is 0.842. The van der Waals surface area contributed by atoms with Gasteiger partial charge in [-0.05, 0) is 25.4 Å². The fourth-order valence-electron chi connectivity index (χ4n) is 1.94. The van der Waals surface area contributed by atoms with E-state index in [2.05, 4.69) is 26.1 Å². The molecule has 1 N–H and O–H groups in total. The molecule has 0 spiro atoms. The van der Waals surface area contributed by atoms with Crippen molar-refractivity contribution in [2.45, 2.75) is 46.5 Å². The van der Waals surface area contributed by atoms with Crippen molar-refractivity contribution in [3.8, 4) is 0 Å². The van der Waals surface area contributed by atoms with Crippen molar-refractivity contribution in [3.05, 3.63) is 0 Å². The van der Waals surface area contributed by atoms with Crippen molar-refractivity contribution in [2.75, 3.05) is 13.6 Å². The molecule has 1 unspecified atom stereocenters. The summed E-state index contributed by atoms with van der Waals surface area (Å²) in [6, 6.07) is 0. The van der Waals surface area contributed by atoms with Gasteiger partial charge < -0.3 is 5.32 Å². The van der Waals surface area contributed by atoms with Gasteiger partial charge in [0.05, 0.1) is 0 Å². The quantitative estimate of drug-likeness (QED) is 0.621. The minimum Gasteiger partial charge on any atom is -0.319 e. The first-order valence-electron chi connectivity index (χ1n) is 5.40. The van der Waals surface area contributed by atoms with Crippen LogP contribution < -0.4 is 5.32 Å².